The zero-order valence-electron chi connectivity index (χ0n) is 12.3. The Kier molecular flexibility index (Phi) is 5.56. The lowest BCUT2D eigenvalue weighted by molar-refractivity contribution is 0.586. The van der Waals surface area contributed by atoms with Crippen LogP contribution in [0.2, 0.25) is 0 Å². The van der Waals surface area contributed by atoms with Crippen molar-refractivity contribution in [2.24, 2.45) is 0 Å². The average molecular weight is 287 g/mol. The fraction of sp³-hybridized carbons (Fsp3) is 0.375. The second-order valence-electron chi connectivity index (χ2n) is 5.15. The lowest BCUT2D eigenvalue weighted by atomic mass is 10.2. The number of nitrogens with one attached hydrogen (secondary N) is 1. The van der Waals surface area contributed by atoms with E-state index in [1.807, 2.05) is 12.4 Å². The molecule has 0 aliphatic rings. The first-order chi connectivity index (χ1) is 9.63. The molecule has 2 aromatic rings. The maximum Gasteiger partial charge on any atom is 0.138 e. The molecule has 4 heteroatoms. The number of benzene rings is 1. The number of nitrogens with zero attached hydrogens (tertiary/aromatic N) is 2. The SMILES string of the molecule is Cc1cccc(SCc2ncc(CNC(C)C)cn2)c1. The lowest BCUT2D eigenvalue weighted by Gasteiger charge is -2.07. The van der Waals surface area contributed by atoms with Crippen LogP contribution in [0.3, 0.4) is 0 Å². The summed E-state index contributed by atoms with van der Waals surface area (Å²) < 4.78 is 0. The predicted molar refractivity (Wildman–Crippen MR) is 84.7 cm³/mol. The minimum Gasteiger partial charge on any atom is -0.310 e. The second-order valence-corrected chi connectivity index (χ2v) is 6.20. The van der Waals surface area contributed by atoms with E-state index in [4.69, 9.17) is 0 Å². The fourth-order valence-corrected chi connectivity index (χ4v) is 2.61. The van der Waals surface area contributed by atoms with Crippen molar-refractivity contribution in [1.82, 2.24) is 15.3 Å². The molecule has 0 amide bonds. The summed E-state index contributed by atoms with van der Waals surface area (Å²) in [5.41, 5.74) is 2.41. The van der Waals surface area contributed by atoms with Crippen LogP contribution in [0.25, 0.3) is 0 Å². The van der Waals surface area contributed by atoms with Crippen molar-refractivity contribution >= 4 is 11.8 Å². The van der Waals surface area contributed by atoms with Gasteiger partial charge in [-0.1, -0.05) is 31.5 Å². The molecule has 1 aromatic heterocycles. The molecular weight excluding hydrogens is 266 g/mol. The van der Waals surface area contributed by atoms with Crippen LogP contribution in [0.4, 0.5) is 0 Å². The average Bonchev–Trinajstić information content (AvgIpc) is 2.44. The number of aryl methyl sites for hydroxylation is 1. The first-order valence-electron chi connectivity index (χ1n) is 6.86. The van der Waals surface area contributed by atoms with Crippen molar-refractivity contribution in [2.45, 2.75) is 44.0 Å². The van der Waals surface area contributed by atoms with Crippen LogP contribution in [0.1, 0.15) is 30.8 Å². The van der Waals surface area contributed by atoms with E-state index in [9.17, 15) is 0 Å². The Bertz CT molecular complexity index is 538. The van der Waals surface area contributed by atoms with E-state index in [0.717, 1.165) is 23.7 Å². The standard InChI is InChI=1S/C16H21N3S/c1-12(2)17-8-14-9-18-16(19-10-14)11-20-15-6-4-5-13(3)7-15/h4-7,9-10,12,17H,8,11H2,1-3H3. The molecule has 1 N–H and O–H groups in total. The van der Waals surface area contributed by atoms with Gasteiger partial charge in [0, 0.05) is 35.4 Å². The Morgan fingerprint density at radius 2 is 1.95 bits per heavy atom. The van der Waals surface area contributed by atoms with E-state index in [-0.39, 0.29) is 0 Å². The number of hydrogen-bond donors (Lipinski definition) is 1. The fourth-order valence-electron chi connectivity index (χ4n) is 1.72. The van der Waals surface area contributed by atoms with Crippen LogP contribution < -0.4 is 5.32 Å². The van der Waals surface area contributed by atoms with Crippen molar-refractivity contribution in [3.8, 4) is 0 Å². The maximum atomic E-state index is 4.42. The van der Waals surface area contributed by atoms with Crippen LogP contribution >= 0.6 is 11.8 Å². The van der Waals surface area contributed by atoms with Gasteiger partial charge in [-0.3, -0.25) is 0 Å². The highest BCUT2D eigenvalue weighted by molar-refractivity contribution is 7.98. The number of thioether (sulfide) groups is 1. The van der Waals surface area contributed by atoms with E-state index in [0.29, 0.717) is 6.04 Å². The highest BCUT2D eigenvalue weighted by Crippen LogP contribution is 2.21. The summed E-state index contributed by atoms with van der Waals surface area (Å²) in [6.45, 7) is 7.20. The van der Waals surface area contributed by atoms with Crippen LogP contribution in [0.15, 0.2) is 41.6 Å². The molecule has 2 rings (SSSR count). The molecule has 0 spiro atoms. The van der Waals surface area contributed by atoms with Gasteiger partial charge in [0.25, 0.3) is 0 Å². The van der Waals surface area contributed by atoms with E-state index < -0.39 is 0 Å². The summed E-state index contributed by atoms with van der Waals surface area (Å²) in [6.07, 6.45) is 3.82. The van der Waals surface area contributed by atoms with E-state index >= 15 is 0 Å². The third-order valence-corrected chi connectivity index (χ3v) is 3.82. The quantitative estimate of drug-likeness (QED) is 0.824. The Morgan fingerprint density at radius 3 is 2.60 bits per heavy atom. The van der Waals surface area contributed by atoms with E-state index in [1.54, 1.807) is 11.8 Å². The highest BCUT2D eigenvalue weighted by Gasteiger charge is 2.01. The minimum atomic E-state index is 0.478. The molecular formula is C16H21N3S. The Labute approximate surface area is 125 Å². The topological polar surface area (TPSA) is 37.8 Å². The normalized spacial score (nSPS) is 11.0. The van der Waals surface area contributed by atoms with Gasteiger partial charge in [0.05, 0.1) is 5.75 Å². The summed E-state index contributed by atoms with van der Waals surface area (Å²) in [7, 11) is 0. The molecule has 0 aliphatic heterocycles. The Morgan fingerprint density at radius 1 is 1.20 bits per heavy atom. The van der Waals surface area contributed by atoms with Crippen LogP contribution in [0, 0.1) is 6.92 Å². The molecule has 20 heavy (non-hydrogen) atoms. The molecule has 0 bridgehead atoms. The number of rotatable bonds is 6. The van der Waals surface area contributed by atoms with Crippen LogP contribution in [-0.2, 0) is 12.3 Å². The maximum absolute atomic E-state index is 4.42. The second kappa shape index (κ2) is 7.41. The first kappa shape index (κ1) is 15.0. The molecule has 0 atom stereocenters. The van der Waals surface area contributed by atoms with Gasteiger partial charge in [0.2, 0.25) is 0 Å². The number of aromatic nitrogens is 2. The molecule has 106 valence electrons. The zero-order chi connectivity index (χ0) is 14.4. The third-order valence-electron chi connectivity index (χ3n) is 2.83. The Balaban J connectivity index is 1.87. The van der Waals surface area contributed by atoms with Crippen molar-refractivity contribution < 1.29 is 0 Å². The van der Waals surface area contributed by atoms with Crippen molar-refractivity contribution in [2.75, 3.05) is 0 Å². The van der Waals surface area contributed by atoms with Crippen LogP contribution in [-0.4, -0.2) is 16.0 Å². The summed E-state index contributed by atoms with van der Waals surface area (Å²) in [5, 5.41) is 3.36. The molecule has 1 aromatic carbocycles. The van der Waals surface area contributed by atoms with E-state index in [2.05, 4.69) is 60.3 Å². The largest absolute Gasteiger partial charge is 0.310 e. The van der Waals surface area contributed by atoms with Gasteiger partial charge in [-0.05, 0) is 19.1 Å². The minimum absolute atomic E-state index is 0.478. The predicted octanol–water partition coefficient (Wildman–Crippen LogP) is 3.58. The van der Waals surface area contributed by atoms with Crippen molar-refractivity contribution in [3.63, 3.8) is 0 Å². The molecule has 0 saturated heterocycles. The Hall–Kier alpha value is -1.39. The van der Waals surface area contributed by atoms with Gasteiger partial charge in [-0.25, -0.2) is 9.97 Å². The van der Waals surface area contributed by atoms with Gasteiger partial charge >= 0.3 is 0 Å². The van der Waals surface area contributed by atoms with Crippen molar-refractivity contribution in [3.05, 3.63) is 53.6 Å². The van der Waals surface area contributed by atoms with Crippen molar-refractivity contribution in [1.29, 1.82) is 0 Å². The molecule has 0 radical (unpaired) electrons. The third kappa shape index (κ3) is 4.94. The number of hydrogen-bond acceptors (Lipinski definition) is 4. The van der Waals surface area contributed by atoms with Gasteiger partial charge in [-0.2, -0.15) is 0 Å². The van der Waals surface area contributed by atoms with E-state index in [1.165, 1.54) is 10.5 Å². The molecule has 0 fully saturated rings. The smallest absolute Gasteiger partial charge is 0.138 e. The molecule has 1 heterocycles. The van der Waals surface area contributed by atoms with Gasteiger partial charge in [0.15, 0.2) is 0 Å². The molecule has 3 nitrogen and oxygen atoms in total. The summed E-state index contributed by atoms with van der Waals surface area (Å²) >= 11 is 1.77. The lowest BCUT2D eigenvalue weighted by Crippen LogP contribution is -2.22. The zero-order valence-corrected chi connectivity index (χ0v) is 13.1. The van der Waals surface area contributed by atoms with Gasteiger partial charge < -0.3 is 5.32 Å². The molecule has 0 saturated carbocycles. The summed E-state index contributed by atoms with van der Waals surface area (Å²) in [6, 6.07) is 8.98. The molecule has 0 unspecified atom stereocenters. The molecule has 0 aliphatic carbocycles. The van der Waals surface area contributed by atoms with Crippen LogP contribution in [0.5, 0.6) is 0 Å². The van der Waals surface area contributed by atoms with Gasteiger partial charge in [-0.15, -0.1) is 11.8 Å². The first-order valence-corrected chi connectivity index (χ1v) is 7.84. The summed E-state index contributed by atoms with van der Waals surface area (Å²) in [4.78, 5) is 10.1. The van der Waals surface area contributed by atoms with Gasteiger partial charge in [0.1, 0.15) is 5.82 Å². The highest BCUT2D eigenvalue weighted by atomic mass is 32.2. The monoisotopic (exact) mass is 287 g/mol. The summed E-state index contributed by atoms with van der Waals surface area (Å²) in [5.74, 6) is 1.69.